The molecule has 0 aromatic carbocycles. The Morgan fingerprint density at radius 3 is 2.71 bits per heavy atom. The van der Waals surface area contributed by atoms with Crippen molar-refractivity contribution in [2.45, 2.75) is 26.4 Å². The minimum absolute atomic E-state index is 0.0396. The minimum Gasteiger partial charge on any atom is -0.338 e. The monoisotopic (exact) mass is 373 g/mol. The topological polar surface area (TPSA) is 56.0 Å². The molecule has 0 bridgehead atoms. The van der Waals surface area contributed by atoms with Gasteiger partial charge in [0.15, 0.2) is 0 Å². The van der Waals surface area contributed by atoms with Crippen molar-refractivity contribution in [1.29, 1.82) is 0 Å². The standard InChI is InChI=1S/C13H17BrClN5O/c1-8-10(14)6-20(17-8)9(2)13(21)18(3)7-12-11(15)5-16-19(12)4/h5-6,9H,7H2,1-4H3. The highest BCUT2D eigenvalue weighted by Crippen LogP contribution is 2.20. The number of carbonyl (C=O) groups is 1. The summed E-state index contributed by atoms with van der Waals surface area (Å²) in [6.07, 6.45) is 3.38. The first-order valence-electron chi connectivity index (χ1n) is 6.44. The van der Waals surface area contributed by atoms with Crippen molar-refractivity contribution < 1.29 is 4.79 Å². The first-order valence-corrected chi connectivity index (χ1v) is 7.61. The molecule has 1 unspecified atom stereocenters. The second-order valence-electron chi connectivity index (χ2n) is 4.98. The smallest absolute Gasteiger partial charge is 0.247 e. The van der Waals surface area contributed by atoms with E-state index in [2.05, 4.69) is 26.1 Å². The maximum atomic E-state index is 12.5. The van der Waals surface area contributed by atoms with Crippen LogP contribution in [0.1, 0.15) is 24.4 Å². The molecule has 6 nitrogen and oxygen atoms in total. The van der Waals surface area contributed by atoms with Crippen LogP contribution in [0.15, 0.2) is 16.9 Å². The van der Waals surface area contributed by atoms with Crippen LogP contribution < -0.4 is 0 Å². The zero-order valence-corrected chi connectivity index (χ0v) is 14.7. The van der Waals surface area contributed by atoms with Crippen LogP contribution in [-0.4, -0.2) is 37.4 Å². The van der Waals surface area contributed by atoms with E-state index in [1.807, 2.05) is 20.0 Å². The Hall–Kier alpha value is -1.34. The largest absolute Gasteiger partial charge is 0.338 e. The second kappa shape index (κ2) is 6.19. The summed E-state index contributed by atoms with van der Waals surface area (Å²) in [7, 11) is 3.55. The highest BCUT2D eigenvalue weighted by molar-refractivity contribution is 9.10. The van der Waals surface area contributed by atoms with Crippen molar-refractivity contribution in [1.82, 2.24) is 24.5 Å². The number of aromatic nitrogens is 4. The fraction of sp³-hybridized carbons (Fsp3) is 0.462. The number of halogens is 2. The van der Waals surface area contributed by atoms with E-state index < -0.39 is 0 Å². The van der Waals surface area contributed by atoms with Crippen LogP contribution in [0.4, 0.5) is 0 Å². The fourth-order valence-electron chi connectivity index (χ4n) is 2.01. The highest BCUT2D eigenvalue weighted by atomic mass is 79.9. The van der Waals surface area contributed by atoms with Crippen LogP contribution in [0.2, 0.25) is 5.02 Å². The minimum atomic E-state index is -0.382. The maximum absolute atomic E-state index is 12.5. The van der Waals surface area contributed by atoms with Crippen molar-refractivity contribution in [3.63, 3.8) is 0 Å². The first kappa shape index (κ1) is 16.0. The van der Waals surface area contributed by atoms with Crippen molar-refractivity contribution in [3.05, 3.63) is 33.3 Å². The predicted octanol–water partition coefficient (Wildman–Crippen LogP) is 2.56. The molecule has 2 rings (SSSR count). The molecule has 0 saturated carbocycles. The van der Waals surface area contributed by atoms with Gasteiger partial charge in [0.1, 0.15) is 6.04 Å². The number of rotatable bonds is 4. The summed E-state index contributed by atoms with van der Waals surface area (Å²) in [5, 5.41) is 8.95. The Morgan fingerprint density at radius 1 is 1.57 bits per heavy atom. The molecule has 2 aromatic heterocycles. The molecule has 0 spiro atoms. The Morgan fingerprint density at radius 2 is 2.24 bits per heavy atom. The van der Waals surface area contributed by atoms with Gasteiger partial charge in [0, 0.05) is 20.3 Å². The molecule has 0 aliphatic carbocycles. The van der Waals surface area contributed by atoms with Gasteiger partial charge in [0.25, 0.3) is 0 Å². The van der Waals surface area contributed by atoms with Gasteiger partial charge in [-0.3, -0.25) is 14.2 Å². The van der Waals surface area contributed by atoms with Crippen LogP contribution in [0, 0.1) is 6.92 Å². The number of hydrogen-bond acceptors (Lipinski definition) is 3. The van der Waals surface area contributed by atoms with Crippen LogP contribution in [0.25, 0.3) is 0 Å². The quantitative estimate of drug-likeness (QED) is 0.826. The second-order valence-corrected chi connectivity index (χ2v) is 6.24. The van der Waals surface area contributed by atoms with Crippen molar-refractivity contribution in [2.24, 2.45) is 7.05 Å². The van der Waals surface area contributed by atoms with Crippen LogP contribution in [-0.2, 0) is 18.4 Å². The van der Waals surface area contributed by atoms with Gasteiger partial charge in [0.2, 0.25) is 5.91 Å². The fourth-order valence-corrected chi connectivity index (χ4v) is 2.52. The first-order chi connectivity index (χ1) is 9.81. The van der Waals surface area contributed by atoms with Gasteiger partial charge in [-0.15, -0.1) is 0 Å². The lowest BCUT2D eigenvalue weighted by Gasteiger charge is -2.21. The number of likely N-dealkylation sites (N-methyl/N-ethyl adjacent to an activating group) is 1. The van der Waals surface area contributed by atoms with E-state index in [1.165, 1.54) is 0 Å². The van der Waals surface area contributed by atoms with E-state index in [4.69, 9.17) is 11.6 Å². The van der Waals surface area contributed by atoms with Crippen molar-refractivity contribution >= 4 is 33.4 Å². The molecule has 2 heterocycles. The molecule has 1 atom stereocenters. The molecule has 1 amide bonds. The molecule has 0 N–H and O–H groups in total. The molecule has 8 heteroatoms. The van der Waals surface area contributed by atoms with Gasteiger partial charge in [-0.1, -0.05) is 11.6 Å². The van der Waals surface area contributed by atoms with Crippen molar-refractivity contribution in [2.75, 3.05) is 7.05 Å². The number of carbonyl (C=O) groups excluding carboxylic acids is 1. The third kappa shape index (κ3) is 3.29. The number of hydrogen-bond donors (Lipinski definition) is 0. The van der Waals surface area contributed by atoms with E-state index in [1.54, 1.807) is 34.6 Å². The van der Waals surface area contributed by atoms with E-state index >= 15 is 0 Å². The molecule has 114 valence electrons. The lowest BCUT2D eigenvalue weighted by Crippen LogP contribution is -2.33. The molecule has 0 fully saturated rings. The molecule has 21 heavy (non-hydrogen) atoms. The van der Waals surface area contributed by atoms with Gasteiger partial charge < -0.3 is 4.90 Å². The Bertz CT molecular complexity index is 627. The molecule has 0 saturated heterocycles. The Labute approximate surface area is 136 Å². The lowest BCUT2D eigenvalue weighted by molar-refractivity contribution is -0.133. The molecule has 2 aromatic rings. The predicted molar refractivity (Wildman–Crippen MR) is 84.1 cm³/mol. The number of nitrogens with zero attached hydrogens (tertiary/aromatic N) is 5. The van der Waals surface area contributed by atoms with Gasteiger partial charge in [-0.25, -0.2) is 0 Å². The summed E-state index contributed by atoms with van der Waals surface area (Å²) >= 11 is 9.47. The van der Waals surface area contributed by atoms with Crippen LogP contribution >= 0.6 is 27.5 Å². The average Bonchev–Trinajstić information content (AvgIpc) is 2.94. The number of aryl methyl sites for hydroxylation is 2. The highest BCUT2D eigenvalue weighted by Gasteiger charge is 2.22. The van der Waals surface area contributed by atoms with Crippen LogP contribution in [0.5, 0.6) is 0 Å². The third-order valence-electron chi connectivity index (χ3n) is 3.38. The van der Waals surface area contributed by atoms with Crippen molar-refractivity contribution in [3.8, 4) is 0 Å². The molecule has 0 aliphatic rings. The summed E-state index contributed by atoms with van der Waals surface area (Å²) in [6.45, 7) is 4.11. The molecule has 0 aliphatic heterocycles. The third-order valence-corrected chi connectivity index (χ3v) is 4.48. The number of amides is 1. The SMILES string of the molecule is Cc1nn(C(C)C(=O)N(C)Cc2c(Cl)cnn2C)cc1Br. The molecule has 0 radical (unpaired) electrons. The van der Waals surface area contributed by atoms with Gasteiger partial charge in [0.05, 0.1) is 33.6 Å². The van der Waals surface area contributed by atoms with E-state index in [9.17, 15) is 4.79 Å². The zero-order chi connectivity index (χ0) is 15.7. The van der Waals surface area contributed by atoms with Crippen LogP contribution in [0.3, 0.4) is 0 Å². The van der Waals surface area contributed by atoms with Gasteiger partial charge in [-0.05, 0) is 29.8 Å². The normalized spacial score (nSPS) is 12.5. The van der Waals surface area contributed by atoms with Gasteiger partial charge in [-0.2, -0.15) is 10.2 Å². The zero-order valence-electron chi connectivity index (χ0n) is 12.3. The average molecular weight is 375 g/mol. The van der Waals surface area contributed by atoms with E-state index in [0.717, 1.165) is 15.9 Å². The molecular formula is C13H17BrClN5O. The lowest BCUT2D eigenvalue weighted by atomic mass is 10.3. The molecular weight excluding hydrogens is 358 g/mol. The Balaban J connectivity index is 2.12. The summed E-state index contributed by atoms with van der Waals surface area (Å²) < 4.78 is 4.22. The summed E-state index contributed by atoms with van der Waals surface area (Å²) in [6, 6.07) is -0.382. The summed E-state index contributed by atoms with van der Waals surface area (Å²) in [4.78, 5) is 14.1. The van der Waals surface area contributed by atoms with E-state index in [-0.39, 0.29) is 11.9 Å². The summed E-state index contributed by atoms with van der Waals surface area (Å²) in [5.41, 5.74) is 1.66. The van der Waals surface area contributed by atoms with Gasteiger partial charge >= 0.3 is 0 Å². The van der Waals surface area contributed by atoms with E-state index in [0.29, 0.717) is 11.6 Å². The maximum Gasteiger partial charge on any atom is 0.247 e. The Kier molecular flexibility index (Phi) is 4.73. The summed E-state index contributed by atoms with van der Waals surface area (Å²) in [5.74, 6) is -0.0396.